The predicted molar refractivity (Wildman–Crippen MR) is 185 cm³/mol. The monoisotopic (exact) mass is 656 g/mol. The van der Waals surface area contributed by atoms with Crippen LogP contribution in [0.15, 0.2) is 72.9 Å². The van der Waals surface area contributed by atoms with Gasteiger partial charge >= 0.3 is 18.2 Å². The number of benzene rings is 3. The topological polar surface area (TPSA) is 116 Å². The second-order valence-corrected chi connectivity index (χ2v) is 19.3. The number of aliphatic carboxylic acids is 1. The van der Waals surface area contributed by atoms with Crippen molar-refractivity contribution in [3.8, 4) is 16.9 Å². The average molecular weight is 657 g/mol. The molecule has 0 bridgehead atoms. The Balaban J connectivity index is 1.38. The Morgan fingerprint density at radius 3 is 2.06 bits per heavy atom. The lowest BCUT2D eigenvalue weighted by molar-refractivity contribution is -0.139. The maximum absolute atomic E-state index is 13.3. The van der Waals surface area contributed by atoms with Crippen LogP contribution < -0.4 is 9.74 Å². The third-order valence-corrected chi connectivity index (χ3v) is 13.3. The molecule has 10 heteroatoms. The summed E-state index contributed by atoms with van der Waals surface area (Å²) in [5, 5.41) is 13.3. The van der Waals surface area contributed by atoms with Crippen molar-refractivity contribution in [3.63, 3.8) is 0 Å². The molecule has 9 nitrogen and oxygen atoms in total. The molecule has 1 aromatic heterocycles. The average Bonchev–Trinajstić information content (AvgIpc) is 3.49. The summed E-state index contributed by atoms with van der Waals surface area (Å²) in [6.45, 7) is 16.1. The second kappa shape index (κ2) is 12.6. The number of amides is 1. The molecule has 47 heavy (non-hydrogen) atoms. The van der Waals surface area contributed by atoms with Crippen LogP contribution in [0, 0.1) is 0 Å². The van der Waals surface area contributed by atoms with E-state index in [2.05, 4.69) is 39.2 Å². The van der Waals surface area contributed by atoms with Crippen LogP contribution in [-0.2, 0) is 20.7 Å². The first kappa shape index (κ1) is 33.8. The number of alkyl carbamates (subject to hydrolysis) is 1. The minimum absolute atomic E-state index is 0.0419. The molecule has 0 saturated heterocycles. The predicted octanol–water partition coefficient (Wildman–Crippen LogP) is 8.34. The molecule has 2 N–H and O–H groups in total. The molecule has 0 aliphatic heterocycles. The number of aromatic nitrogens is 1. The van der Waals surface area contributed by atoms with Crippen molar-refractivity contribution in [1.29, 1.82) is 0 Å². The number of fused-ring (bicyclic) bond motifs is 4. The number of rotatable bonds is 8. The van der Waals surface area contributed by atoms with Gasteiger partial charge in [0.1, 0.15) is 24.0 Å². The van der Waals surface area contributed by atoms with E-state index in [1.165, 1.54) is 4.57 Å². The quantitative estimate of drug-likeness (QED) is 0.183. The Morgan fingerprint density at radius 1 is 0.915 bits per heavy atom. The molecule has 0 unspecified atom stereocenters. The highest BCUT2D eigenvalue weighted by atomic mass is 28.4. The minimum Gasteiger partial charge on any atom is -0.543 e. The lowest BCUT2D eigenvalue weighted by Gasteiger charge is -2.36. The van der Waals surface area contributed by atoms with Gasteiger partial charge in [-0.1, -0.05) is 69.3 Å². The summed E-state index contributed by atoms with van der Waals surface area (Å²) in [4.78, 5) is 38.8. The van der Waals surface area contributed by atoms with Gasteiger partial charge in [0, 0.05) is 30.0 Å². The fourth-order valence-electron chi connectivity index (χ4n) is 5.62. The van der Waals surface area contributed by atoms with Crippen LogP contribution in [0.1, 0.15) is 64.2 Å². The van der Waals surface area contributed by atoms with Crippen molar-refractivity contribution in [1.82, 2.24) is 9.88 Å². The Labute approximate surface area is 277 Å². The van der Waals surface area contributed by atoms with Crippen LogP contribution in [-0.4, -0.2) is 54.4 Å². The zero-order valence-electron chi connectivity index (χ0n) is 28.3. The Bertz CT molecular complexity index is 1780. The molecule has 3 aromatic carbocycles. The molecular weight excluding hydrogens is 613 g/mol. The standard InChI is InChI=1S/C37H44N2O7Si/c1-36(2,3)45-35(43)39-21-23(25-18-17-24(20-32(25)39)46-47(7,8)37(4,5)6)19-31(33(40)41)38-34(42)44-22-30-28-15-11-9-13-26(28)27-14-10-12-16-29(27)30/h9-18,20-21,30-31H,19,22H2,1-8H3,(H,38,42)(H,40,41)/t31-/m0/s1. The Hall–Kier alpha value is -4.57. The summed E-state index contributed by atoms with van der Waals surface area (Å²) >= 11 is 0. The summed E-state index contributed by atoms with van der Waals surface area (Å²) in [5.74, 6) is -0.773. The molecule has 1 aliphatic carbocycles. The number of carbonyl (C=O) groups excluding carboxylic acids is 2. The maximum atomic E-state index is 13.3. The van der Waals surface area contributed by atoms with E-state index in [-0.39, 0.29) is 24.0 Å². The molecule has 0 spiro atoms. The van der Waals surface area contributed by atoms with Gasteiger partial charge in [0.05, 0.1) is 5.52 Å². The van der Waals surface area contributed by atoms with Crippen LogP contribution in [0.4, 0.5) is 9.59 Å². The van der Waals surface area contributed by atoms with E-state index in [9.17, 15) is 19.5 Å². The number of carboxylic acid groups (broad SMARTS) is 1. The van der Waals surface area contributed by atoms with Gasteiger partial charge in [0.2, 0.25) is 8.32 Å². The van der Waals surface area contributed by atoms with Crippen molar-refractivity contribution < 1.29 is 33.4 Å². The molecule has 1 amide bonds. The van der Waals surface area contributed by atoms with E-state index in [1.54, 1.807) is 33.0 Å². The fourth-order valence-corrected chi connectivity index (χ4v) is 6.64. The van der Waals surface area contributed by atoms with E-state index < -0.39 is 38.1 Å². The lowest BCUT2D eigenvalue weighted by atomic mass is 9.98. The molecule has 0 fully saturated rings. The molecule has 5 rings (SSSR count). The van der Waals surface area contributed by atoms with Gasteiger partial charge in [0.25, 0.3) is 0 Å². The number of ether oxygens (including phenoxy) is 2. The SMILES string of the molecule is CC(C)(C)OC(=O)n1cc(C[C@H](NC(=O)OCC2c3ccccc3-c3ccccc32)C(=O)O)c2ccc(O[Si](C)(C)C(C)(C)C)cc21. The lowest BCUT2D eigenvalue weighted by Crippen LogP contribution is -2.43. The Kier molecular flexibility index (Phi) is 9.03. The van der Waals surface area contributed by atoms with Gasteiger partial charge in [-0.2, -0.15) is 0 Å². The highest BCUT2D eigenvalue weighted by Crippen LogP contribution is 2.44. The maximum Gasteiger partial charge on any atom is 0.419 e. The third kappa shape index (κ3) is 7.22. The summed E-state index contributed by atoms with van der Waals surface area (Å²) in [7, 11) is -2.19. The van der Waals surface area contributed by atoms with E-state index >= 15 is 0 Å². The summed E-state index contributed by atoms with van der Waals surface area (Å²) < 4.78 is 19.2. The van der Waals surface area contributed by atoms with Crippen molar-refractivity contribution in [2.75, 3.05) is 6.61 Å². The number of nitrogens with zero attached hydrogens (tertiary/aromatic N) is 1. The third-order valence-electron chi connectivity index (χ3n) is 8.99. The van der Waals surface area contributed by atoms with Crippen molar-refractivity contribution in [2.24, 2.45) is 0 Å². The summed E-state index contributed by atoms with van der Waals surface area (Å²) in [5.41, 5.74) is 4.64. The van der Waals surface area contributed by atoms with E-state index in [0.29, 0.717) is 22.2 Å². The number of carboxylic acids is 1. The van der Waals surface area contributed by atoms with Gasteiger partial charge in [-0.25, -0.2) is 14.4 Å². The van der Waals surface area contributed by atoms with Gasteiger partial charge < -0.3 is 24.3 Å². The minimum atomic E-state index is -2.19. The normalized spacial score (nSPS) is 13.9. The molecule has 248 valence electrons. The van der Waals surface area contributed by atoms with Gasteiger partial charge in [-0.3, -0.25) is 4.57 Å². The van der Waals surface area contributed by atoms with Crippen LogP contribution >= 0.6 is 0 Å². The largest absolute Gasteiger partial charge is 0.543 e. The first-order valence-corrected chi connectivity index (χ1v) is 18.8. The van der Waals surface area contributed by atoms with E-state index in [4.69, 9.17) is 13.9 Å². The summed E-state index contributed by atoms with van der Waals surface area (Å²) in [6.07, 6.45) is 0.0492. The van der Waals surface area contributed by atoms with Gasteiger partial charge in [-0.15, -0.1) is 0 Å². The number of hydrogen-bond acceptors (Lipinski definition) is 6. The zero-order chi connectivity index (χ0) is 34.3. The number of hydrogen-bond donors (Lipinski definition) is 2. The Morgan fingerprint density at radius 2 is 1.51 bits per heavy atom. The van der Waals surface area contributed by atoms with Gasteiger partial charge in [-0.05, 0) is 78.9 Å². The number of carbonyl (C=O) groups is 3. The highest BCUT2D eigenvalue weighted by Gasteiger charge is 2.39. The van der Waals surface area contributed by atoms with Crippen LogP contribution in [0.2, 0.25) is 18.1 Å². The van der Waals surface area contributed by atoms with Crippen LogP contribution in [0.3, 0.4) is 0 Å². The molecular formula is C37H44N2O7Si. The van der Waals surface area contributed by atoms with Crippen LogP contribution in [0.25, 0.3) is 22.0 Å². The fraction of sp³-hybridized carbons (Fsp3) is 0.378. The van der Waals surface area contributed by atoms with Crippen molar-refractivity contribution >= 4 is 37.4 Å². The molecule has 1 aliphatic rings. The smallest absolute Gasteiger partial charge is 0.419 e. The molecule has 0 radical (unpaired) electrons. The zero-order valence-corrected chi connectivity index (χ0v) is 29.3. The first-order valence-electron chi connectivity index (χ1n) is 15.9. The first-order chi connectivity index (χ1) is 21.9. The van der Waals surface area contributed by atoms with E-state index in [1.807, 2.05) is 60.7 Å². The highest BCUT2D eigenvalue weighted by molar-refractivity contribution is 6.74. The molecule has 1 atom stereocenters. The van der Waals surface area contributed by atoms with Crippen molar-refractivity contribution in [3.05, 3.63) is 89.6 Å². The molecule has 1 heterocycles. The summed E-state index contributed by atoms with van der Waals surface area (Å²) in [6, 6.07) is 20.1. The number of nitrogens with one attached hydrogen (secondary N) is 1. The van der Waals surface area contributed by atoms with Crippen LogP contribution in [0.5, 0.6) is 5.75 Å². The molecule has 0 saturated carbocycles. The van der Waals surface area contributed by atoms with Gasteiger partial charge in [0.15, 0.2) is 0 Å². The van der Waals surface area contributed by atoms with E-state index in [0.717, 1.165) is 22.3 Å². The molecule has 4 aromatic rings. The van der Waals surface area contributed by atoms with Crippen molar-refractivity contribution in [2.45, 2.75) is 83.7 Å². The second-order valence-electron chi connectivity index (χ2n) is 14.6.